The summed E-state index contributed by atoms with van der Waals surface area (Å²) < 4.78 is 37.4. The van der Waals surface area contributed by atoms with Gasteiger partial charge in [-0.1, -0.05) is 44.4 Å². The van der Waals surface area contributed by atoms with Gasteiger partial charge in [-0.25, -0.2) is 4.79 Å². The minimum absolute atomic E-state index is 0.154. The van der Waals surface area contributed by atoms with Crippen LogP contribution in [0.3, 0.4) is 0 Å². The van der Waals surface area contributed by atoms with Crippen molar-refractivity contribution in [3.8, 4) is 0 Å². The minimum atomic E-state index is -5.06. The van der Waals surface area contributed by atoms with Gasteiger partial charge in [-0.3, -0.25) is 9.68 Å². The third-order valence-corrected chi connectivity index (χ3v) is 2.86. The first kappa shape index (κ1) is 18.2. The molecule has 0 heterocycles. The van der Waals surface area contributed by atoms with Crippen LogP contribution in [0.1, 0.15) is 53.3 Å². The van der Waals surface area contributed by atoms with E-state index in [0.717, 1.165) is 31.4 Å². The third kappa shape index (κ3) is 5.48. The van der Waals surface area contributed by atoms with Crippen LogP contribution in [0.15, 0.2) is 24.3 Å². The summed E-state index contributed by atoms with van der Waals surface area (Å²) >= 11 is 0. The Morgan fingerprint density at radius 1 is 1.05 bits per heavy atom. The van der Waals surface area contributed by atoms with Crippen LogP contribution in [0.5, 0.6) is 0 Å². The zero-order valence-corrected chi connectivity index (χ0v) is 12.1. The van der Waals surface area contributed by atoms with Crippen LogP contribution in [0.4, 0.5) is 13.2 Å². The Hall–Kier alpha value is -1.89. The van der Waals surface area contributed by atoms with Crippen molar-refractivity contribution in [1.82, 2.24) is 0 Å². The van der Waals surface area contributed by atoms with Crippen LogP contribution in [0.25, 0.3) is 0 Å². The standard InChI is InChI=1S/C15H17F3O4/c1-2-3-4-7-10-21-22-14(20)12-9-6-5-8-11(12)13(19)15(16,17)18/h5-6,8-9H,2-4,7,10H2,1H3. The van der Waals surface area contributed by atoms with Gasteiger partial charge in [-0.15, -0.1) is 0 Å². The van der Waals surface area contributed by atoms with Gasteiger partial charge in [-0.2, -0.15) is 18.1 Å². The summed E-state index contributed by atoms with van der Waals surface area (Å²) in [5.41, 5.74) is -1.23. The van der Waals surface area contributed by atoms with Gasteiger partial charge in [0.2, 0.25) is 0 Å². The Balaban J connectivity index is 2.64. The van der Waals surface area contributed by atoms with Crippen molar-refractivity contribution in [2.75, 3.05) is 6.61 Å². The van der Waals surface area contributed by atoms with Crippen LogP contribution in [-0.4, -0.2) is 24.5 Å². The molecule has 0 atom stereocenters. The van der Waals surface area contributed by atoms with E-state index >= 15 is 0 Å². The molecule has 0 unspecified atom stereocenters. The summed E-state index contributed by atoms with van der Waals surface area (Å²) in [6, 6.07) is 4.59. The van der Waals surface area contributed by atoms with Crippen molar-refractivity contribution in [3.05, 3.63) is 35.4 Å². The van der Waals surface area contributed by atoms with Gasteiger partial charge in [-0.05, 0) is 12.5 Å². The molecule has 0 aliphatic rings. The van der Waals surface area contributed by atoms with E-state index in [2.05, 4.69) is 9.78 Å². The minimum Gasteiger partial charge on any atom is -0.293 e. The molecule has 0 aliphatic carbocycles. The zero-order valence-electron chi connectivity index (χ0n) is 12.1. The van der Waals surface area contributed by atoms with E-state index in [-0.39, 0.29) is 6.61 Å². The normalized spacial score (nSPS) is 11.3. The highest BCUT2D eigenvalue weighted by molar-refractivity contribution is 6.08. The van der Waals surface area contributed by atoms with Gasteiger partial charge >= 0.3 is 12.1 Å². The fourth-order valence-electron chi connectivity index (χ4n) is 1.74. The van der Waals surface area contributed by atoms with E-state index in [1.165, 1.54) is 12.1 Å². The maximum atomic E-state index is 12.5. The number of halogens is 3. The summed E-state index contributed by atoms with van der Waals surface area (Å²) in [5.74, 6) is -3.22. The number of alkyl halides is 3. The van der Waals surface area contributed by atoms with Crippen LogP contribution < -0.4 is 0 Å². The number of ketones is 1. The molecule has 7 heteroatoms. The van der Waals surface area contributed by atoms with Crippen molar-refractivity contribution in [1.29, 1.82) is 0 Å². The molecule has 0 fully saturated rings. The maximum Gasteiger partial charge on any atom is 0.454 e. The monoisotopic (exact) mass is 318 g/mol. The van der Waals surface area contributed by atoms with E-state index in [1.54, 1.807) is 0 Å². The predicted octanol–water partition coefficient (Wildman–Crippen LogP) is 4.10. The smallest absolute Gasteiger partial charge is 0.293 e. The molecule has 0 bridgehead atoms. The molecule has 0 saturated heterocycles. The van der Waals surface area contributed by atoms with E-state index < -0.39 is 29.1 Å². The van der Waals surface area contributed by atoms with Gasteiger partial charge in [0.15, 0.2) is 0 Å². The third-order valence-electron chi connectivity index (χ3n) is 2.86. The van der Waals surface area contributed by atoms with Crippen molar-refractivity contribution in [2.24, 2.45) is 0 Å². The van der Waals surface area contributed by atoms with E-state index in [0.29, 0.717) is 6.42 Å². The first-order valence-electron chi connectivity index (χ1n) is 6.92. The molecule has 0 radical (unpaired) electrons. The topological polar surface area (TPSA) is 52.6 Å². The number of hydrogen-bond acceptors (Lipinski definition) is 4. The highest BCUT2D eigenvalue weighted by Crippen LogP contribution is 2.24. The second-order valence-electron chi connectivity index (χ2n) is 4.63. The number of hydrogen-bond donors (Lipinski definition) is 0. The fourth-order valence-corrected chi connectivity index (χ4v) is 1.74. The van der Waals surface area contributed by atoms with Crippen LogP contribution in [0, 0.1) is 0 Å². The SMILES string of the molecule is CCCCCCOOC(=O)c1ccccc1C(=O)C(F)(F)F. The lowest BCUT2D eigenvalue weighted by Crippen LogP contribution is -2.25. The van der Waals surface area contributed by atoms with Crippen molar-refractivity contribution in [3.63, 3.8) is 0 Å². The summed E-state index contributed by atoms with van der Waals surface area (Å²) in [4.78, 5) is 32.1. The lowest BCUT2D eigenvalue weighted by atomic mass is 10.0. The lowest BCUT2D eigenvalue weighted by Gasteiger charge is -2.09. The van der Waals surface area contributed by atoms with Gasteiger partial charge in [0.1, 0.15) is 0 Å². The molecule has 0 spiro atoms. The highest BCUT2D eigenvalue weighted by Gasteiger charge is 2.41. The lowest BCUT2D eigenvalue weighted by molar-refractivity contribution is -0.241. The van der Waals surface area contributed by atoms with Gasteiger partial charge < -0.3 is 0 Å². The van der Waals surface area contributed by atoms with Gasteiger partial charge in [0.05, 0.1) is 12.2 Å². The number of Topliss-reactive ketones (excluding diaryl/α,β-unsaturated/α-hetero) is 1. The molecule has 0 aliphatic heterocycles. The van der Waals surface area contributed by atoms with E-state index in [4.69, 9.17) is 0 Å². The highest BCUT2D eigenvalue weighted by atomic mass is 19.4. The second kappa shape index (κ2) is 8.53. The fraction of sp³-hybridized carbons (Fsp3) is 0.467. The van der Waals surface area contributed by atoms with Gasteiger partial charge in [0, 0.05) is 5.56 Å². The first-order valence-corrected chi connectivity index (χ1v) is 6.92. The summed E-state index contributed by atoms with van der Waals surface area (Å²) in [6.07, 6.45) is -1.44. The average Bonchev–Trinajstić information content (AvgIpc) is 2.49. The van der Waals surface area contributed by atoms with Crippen molar-refractivity contribution in [2.45, 2.75) is 38.8 Å². The van der Waals surface area contributed by atoms with Crippen molar-refractivity contribution >= 4 is 11.8 Å². The number of carbonyl (C=O) groups is 2. The van der Waals surface area contributed by atoms with E-state index in [1.807, 2.05) is 6.92 Å². The summed E-state index contributed by atoms with van der Waals surface area (Å²) in [6.45, 7) is 2.19. The quantitative estimate of drug-likeness (QED) is 0.313. The Kier molecular flexibility index (Phi) is 7.04. The molecule has 0 amide bonds. The van der Waals surface area contributed by atoms with Crippen LogP contribution >= 0.6 is 0 Å². The largest absolute Gasteiger partial charge is 0.454 e. The van der Waals surface area contributed by atoms with Crippen LogP contribution in [0.2, 0.25) is 0 Å². The van der Waals surface area contributed by atoms with E-state index in [9.17, 15) is 22.8 Å². The molecular weight excluding hydrogens is 301 g/mol. The Morgan fingerprint density at radius 3 is 2.27 bits per heavy atom. The Morgan fingerprint density at radius 2 is 1.68 bits per heavy atom. The molecule has 0 N–H and O–H groups in total. The zero-order chi connectivity index (χ0) is 16.6. The molecule has 0 saturated carbocycles. The molecule has 4 nitrogen and oxygen atoms in total. The molecule has 1 aromatic rings. The van der Waals surface area contributed by atoms with Gasteiger partial charge in [0.25, 0.3) is 5.78 Å². The van der Waals surface area contributed by atoms with Crippen molar-refractivity contribution < 1.29 is 32.5 Å². The number of benzene rings is 1. The molecule has 22 heavy (non-hydrogen) atoms. The Labute approximate surface area is 126 Å². The number of rotatable bonds is 8. The molecular formula is C15H17F3O4. The number of carbonyl (C=O) groups excluding carboxylic acids is 2. The second-order valence-corrected chi connectivity index (χ2v) is 4.63. The predicted molar refractivity (Wildman–Crippen MR) is 72.3 cm³/mol. The van der Waals surface area contributed by atoms with Crippen LogP contribution in [-0.2, 0) is 9.78 Å². The molecule has 0 aromatic heterocycles. The Bertz CT molecular complexity index is 512. The summed E-state index contributed by atoms with van der Waals surface area (Å²) in [5, 5.41) is 0. The average molecular weight is 318 g/mol. The molecule has 122 valence electrons. The first-order chi connectivity index (χ1) is 10.4. The maximum absolute atomic E-state index is 12.5. The molecule has 1 rings (SSSR count). The summed E-state index contributed by atoms with van der Waals surface area (Å²) in [7, 11) is 0. The number of unbranched alkanes of at least 4 members (excludes halogenated alkanes) is 3. The molecule has 1 aromatic carbocycles.